The van der Waals surface area contributed by atoms with E-state index in [0.29, 0.717) is 16.3 Å². The molecule has 0 radical (unpaired) electrons. The van der Waals surface area contributed by atoms with Crippen LogP contribution in [0.1, 0.15) is 31.9 Å². The second-order valence-electron chi connectivity index (χ2n) is 5.94. The molecule has 8 heteroatoms. The summed E-state index contributed by atoms with van der Waals surface area (Å²) < 4.78 is 33.0. The van der Waals surface area contributed by atoms with Gasteiger partial charge in [-0.15, -0.1) is 0 Å². The highest BCUT2D eigenvalue weighted by molar-refractivity contribution is 7.89. The quantitative estimate of drug-likeness (QED) is 0.738. The van der Waals surface area contributed by atoms with Gasteiger partial charge in [0.1, 0.15) is 5.75 Å². The van der Waals surface area contributed by atoms with Gasteiger partial charge in [0.05, 0.1) is 17.0 Å². The molecule has 0 spiro atoms. The van der Waals surface area contributed by atoms with Crippen molar-refractivity contribution < 1.29 is 23.1 Å². The van der Waals surface area contributed by atoms with Gasteiger partial charge in [0.15, 0.2) is 0 Å². The number of nitrogens with one attached hydrogen (secondary N) is 1. The molecule has 2 rings (SSSR count). The van der Waals surface area contributed by atoms with Crippen LogP contribution in [0.25, 0.3) is 0 Å². The zero-order chi connectivity index (χ0) is 19.3. The van der Waals surface area contributed by atoms with E-state index in [2.05, 4.69) is 4.72 Å². The molecule has 0 unspecified atom stereocenters. The van der Waals surface area contributed by atoms with Crippen LogP contribution in [0.3, 0.4) is 0 Å². The molecule has 140 valence electrons. The maximum absolute atomic E-state index is 12.5. The Balaban J connectivity index is 2.26. The molecule has 0 fully saturated rings. The lowest BCUT2D eigenvalue weighted by molar-refractivity contribution is -0.306. The molecule has 2 aromatic rings. The molecule has 0 saturated carbocycles. The molecule has 26 heavy (non-hydrogen) atoms. The van der Waals surface area contributed by atoms with E-state index in [0.717, 1.165) is 0 Å². The monoisotopic (exact) mass is 396 g/mol. The number of carbonyl (C=O) groups is 1. The lowest BCUT2D eigenvalue weighted by Crippen LogP contribution is -2.34. The molecule has 0 aliphatic carbocycles. The lowest BCUT2D eigenvalue weighted by atomic mass is 10.0. The summed E-state index contributed by atoms with van der Waals surface area (Å²) in [6.07, 6.45) is -0.514. The first-order valence-corrected chi connectivity index (χ1v) is 9.78. The highest BCUT2D eigenvalue weighted by Gasteiger charge is 2.22. The Labute approximate surface area is 157 Å². The van der Waals surface area contributed by atoms with E-state index in [1.165, 1.54) is 24.3 Å². The van der Waals surface area contributed by atoms with E-state index >= 15 is 0 Å². The van der Waals surface area contributed by atoms with Crippen molar-refractivity contribution in [2.24, 2.45) is 0 Å². The van der Waals surface area contributed by atoms with Gasteiger partial charge in [-0.2, -0.15) is 0 Å². The summed E-state index contributed by atoms with van der Waals surface area (Å²) in [4.78, 5) is 11.1. The summed E-state index contributed by atoms with van der Waals surface area (Å²) in [5.41, 5.74) is 0.489. The fourth-order valence-corrected chi connectivity index (χ4v) is 3.66. The topological polar surface area (TPSA) is 95.5 Å². The molecule has 0 amide bonds. The standard InChI is InChI=1S/C18H20ClNO5S/c1-12(2)25-15-7-3-13(4-8-15)17(11-18(21)22)20-26(23,24)16-9-5-14(19)6-10-16/h3-10,12,17,20H,11H2,1-2H3,(H,21,22)/p-1/t17-/m1/s1. The van der Waals surface area contributed by atoms with Gasteiger partial charge in [-0.25, -0.2) is 13.1 Å². The number of benzene rings is 2. The molecule has 0 aromatic heterocycles. The Bertz CT molecular complexity index is 848. The fourth-order valence-electron chi connectivity index (χ4n) is 2.31. The first-order valence-electron chi connectivity index (χ1n) is 7.92. The van der Waals surface area contributed by atoms with Gasteiger partial charge < -0.3 is 14.6 Å². The average molecular weight is 397 g/mol. The maximum atomic E-state index is 12.5. The van der Waals surface area contributed by atoms with Crippen molar-refractivity contribution in [2.45, 2.75) is 37.3 Å². The fraction of sp³-hybridized carbons (Fsp3) is 0.278. The van der Waals surface area contributed by atoms with Gasteiger partial charge in [0.25, 0.3) is 0 Å². The van der Waals surface area contributed by atoms with Crippen molar-refractivity contribution in [3.63, 3.8) is 0 Å². The minimum Gasteiger partial charge on any atom is -0.550 e. The van der Waals surface area contributed by atoms with Crippen LogP contribution in [0.4, 0.5) is 0 Å². The Morgan fingerprint density at radius 1 is 1.12 bits per heavy atom. The van der Waals surface area contributed by atoms with Crippen molar-refractivity contribution >= 4 is 27.6 Å². The third kappa shape index (κ3) is 5.72. The smallest absolute Gasteiger partial charge is 0.241 e. The number of carboxylic acids is 1. The van der Waals surface area contributed by atoms with Crippen LogP contribution in [0.15, 0.2) is 53.4 Å². The molecular formula is C18H19ClNO5S-. The van der Waals surface area contributed by atoms with Crippen LogP contribution in [-0.4, -0.2) is 20.5 Å². The van der Waals surface area contributed by atoms with Crippen LogP contribution in [0.2, 0.25) is 5.02 Å². The number of ether oxygens (including phenoxy) is 1. The van der Waals surface area contributed by atoms with Crippen LogP contribution >= 0.6 is 11.6 Å². The van der Waals surface area contributed by atoms with E-state index in [4.69, 9.17) is 16.3 Å². The number of aliphatic carboxylic acids is 1. The number of hydrogen-bond acceptors (Lipinski definition) is 5. The molecule has 0 bridgehead atoms. The summed E-state index contributed by atoms with van der Waals surface area (Å²) in [6.45, 7) is 3.76. The number of sulfonamides is 1. The van der Waals surface area contributed by atoms with Gasteiger partial charge in [-0.1, -0.05) is 23.7 Å². The van der Waals surface area contributed by atoms with Crippen molar-refractivity contribution in [1.82, 2.24) is 4.72 Å². The summed E-state index contributed by atoms with van der Waals surface area (Å²) in [6, 6.07) is 11.2. The zero-order valence-corrected chi connectivity index (χ0v) is 15.9. The highest BCUT2D eigenvalue weighted by atomic mass is 35.5. The second kappa shape index (κ2) is 8.53. The third-order valence-electron chi connectivity index (χ3n) is 3.45. The van der Waals surface area contributed by atoms with Crippen molar-refractivity contribution in [3.8, 4) is 5.75 Å². The number of carboxylic acid groups (broad SMARTS) is 1. The molecule has 0 heterocycles. The predicted molar refractivity (Wildman–Crippen MR) is 96.3 cm³/mol. The molecule has 2 aromatic carbocycles. The number of hydrogen-bond donors (Lipinski definition) is 1. The summed E-state index contributed by atoms with van der Waals surface area (Å²) >= 11 is 5.77. The van der Waals surface area contributed by atoms with Crippen LogP contribution in [0, 0.1) is 0 Å². The highest BCUT2D eigenvalue weighted by Crippen LogP contribution is 2.24. The van der Waals surface area contributed by atoms with Crippen molar-refractivity contribution in [3.05, 3.63) is 59.1 Å². The number of carbonyl (C=O) groups excluding carboxylic acids is 1. The molecule has 0 aliphatic rings. The Morgan fingerprint density at radius 2 is 1.69 bits per heavy atom. The first kappa shape index (κ1) is 20.2. The van der Waals surface area contributed by atoms with E-state index in [9.17, 15) is 18.3 Å². The van der Waals surface area contributed by atoms with Gasteiger partial charge in [-0.05, 0) is 55.8 Å². The van der Waals surface area contributed by atoms with Crippen LogP contribution in [0.5, 0.6) is 5.75 Å². The largest absolute Gasteiger partial charge is 0.550 e. The minimum atomic E-state index is -3.93. The Hall–Kier alpha value is -2.09. The van der Waals surface area contributed by atoms with E-state index in [-0.39, 0.29) is 11.0 Å². The normalized spacial score (nSPS) is 12.8. The molecule has 1 atom stereocenters. The maximum Gasteiger partial charge on any atom is 0.241 e. The third-order valence-corrected chi connectivity index (χ3v) is 5.19. The summed E-state index contributed by atoms with van der Waals surface area (Å²) in [5.74, 6) is -0.757. The van der Waals surface area contributed by atoms with Crippen LogP contribution < -0.4 is 14.6 Å². The molecule has 1 N–H and O–H groups in total. The minimum absolute atomic E-state index is 0.00925. The van der Waals surface area contributed by atoms with Gasteiger partial charge in [0, 0.05) is 17.4 Å². The lowest BCUT2D eigenvalue weighted by Gasteiger charge is -2.20. The van der Waals surface area contributed by atoms with Gasteiger partial charge in [0.2, 0.25) is 10.0 Å². The average Bonchev–Trinajstić information content (AvgIpc) is 2.54. The molecular weight excluding hydrogens is 378 g/mol. The molecule has 0 aliphatic heterocycles. The van der Waals surface area contributed by atoms with Crippen molar-refractivity contribution in [2.75, 3.05) is 0 Å². The molecule has 0 saturated heterocycles. The second-order valence-corrected chi connectivity index (χ2v) is 8.09. The van der Waals surface area contributed by atoms with Crippen LogP contribution in [-0.2, 0) is 14.8 Å². The zero-order valence-electron chi connectivity index (χ0n) is 14.3. The van der Waals surface area contributed by atoms with Gasteiger partial charge >= 0.3 is 0 Å². The summed E-state index contributed by atoms with van der Waals surface area (Å²) in [5, 5.41) is 11.5. The SMILES string of the molecule is CC(C)Oc1ccc([C@@H](CC(=O)[O-])NS(=O)(=O)c2ccc(Cl)cc2)cc1. The Morgan fingerprint density at radius 3 is 2.19 bits per heavy atom. The first-order chi connectivity index (χ1) is 12.2. The van der Waals surface area contributed by atoms with E-state index < -0.39 is 28.5 Å². The Kier molecular flexibility index (Phi) is 6.63. The number of rotatable bonds is 8. The predicted octanol–water partition coefficient (Wildman–Crippen LogP) is 2.29. The van der Waals surface area contributed by atoms with Crippen molar-refractivity contribution in [1.29, 1.82) is 0 Å². The van der Waals surface area contributed by atoms with E-state index in [1.807, 2.05) is 13.8 Å². The van der Waals surface area contributed by atoms with E-state index in [1.54, 1.807) is 24.3 Å². The summed E-state index contributed by atoms with van der Waals surface area (Å²) in [7, 11) is -3.93. The number of halogens is 1. The molecule has 6 nitrogen and oxygen atoms in total. The van der Waals surface area contributed by atoms with Gasteiger partial charge in [-0.3, -0.25) is 0 Å².